The van der Waals surface area contributed by atoms with Crippen LogP contribution in [0.1, 0.15) is 62.6 Å². The first-order valence-corrected chi connectivity index (χ1v) is 10.3. The summed E-state index contributed by atoms with van der Waals surface area (Å²) in [5, 5.41) is 13.3. The van der Waals surface area contributed by atoms with Crippen molar-refractivity contribution in [2.24, 2.45) is 11.1 Å². The van der Waals surface area contributed by atoms with Gasteiger partial charge in [0.15, 0.2) is 0 Å². The Morgan fingerprint density at radius 2 is 1.93 bits per heavy atom. The maximum atomic E-state index is 11.1. The van der Waals surface area contributed by atoms with Crippen molar-refractivity contribution in [1.29, 1.82) is 0 Å². The minimum absolute atomic E-state index is 0.230. The number of benzene rings is 1. The Morgan fingerprint density at radius 3 is 2.64 bits per heavy atom. The molecule has 28 heavy (non-hydrogen) atoms. The van der Waals surface area contributed by atoms with Gasteiger partial charge in [-0.15, -0.1) is 0 Å². The molecule has 1 aromatic carbocycles. The average Bonchev–Trinajstić information content (AvgIpc) is 2.71. The maximum absolute atomic E-state index is 11.1. The van der Waals surface area contributed by atoms with Crippen LogP contribution in [0.4, 0.5) is 0 Å². The van der Waals surface area contributed by atoms with Crippen LogP contribution in [0.25, 0.3) is 0 Å². The Kier molecular flexibility index (Phi) is 7.08. The van der Waals surface area contributed by atoms with E-state index in [-0.39, 0.29) is 5.92 Å². The van der Waals surface area contributed by atoms with Crippen LogP contribution in [0, 0.1) is 5.92 Å². The number of carbonyl (C=O) groups is 1. The lowest BCUT2D eigenvalue weighted by Gasteiger charge is -2.34. The zero-order chi connectivity index (χ0) is 20.0. The zero-order valence-electron chi connectivity index (χ0n) is 16.9. The van der Waals surface area contributed by atoms with Crippen molar-refractivity contribution >= 4 is 11.7 Å². The highest BCUT2D eigenvalue weighted by Crippen LogP contribution is 2.25. The van der Waals surface area contributed by atoms with E-state index >= 15 is 0 Å². The third-order valence-corrected chi connectivity index (χ3v) is 5.64. The Labute approximate surface area is 166 Å². The molecule has 1 aliphatic heterocycles. The number of fused-ring (bicyclic) bond motifs is 1. The molecular formula is C22H31NO5. The summed E-state index contributed by atoms with van der Waals surface area (Å²) in [6, 6.07) is 6.62. The molecule has 0 saturated carbocycles. The van der Waals surface area contributed by atoms with Crippen molar-refractivity contribution in [3.63, 3.8) is 0 Å². The number of ether oxygens (including phenoxy) is 2. The van der Waals surface area contributed by atoms with Crippen LogP contribution in [0.5, 0.6) is 0 Å². The Hall–Kier alpha value is -1.92. The predicted octanol–water partition coefficient (Wildman–Crippen LogP) is 3.94. The molecule has 6 nitrogen and oxygen atoms in total. The molecule has 0 unspecified atom stereocenters. The van der Waals surface area contributed by atoms with Gasteiger partial charge >= 0.3 is 5.97 Å². The summed E-state index contributed by atoms with van der Waals surface area (Å²) in [5.74, 6) is -2.35. The van der Waals surface area contributed by atoms with E-state index in [9.17, 15) is 4.79 Å². The van der Waals surface area contributed by atoms with Crippen molar-refractivity contribution in [2.75, 3.05) is 19.8 Å². The lowest BCUT2D eigenvalue weighted by Crippen LogP contribution is -2.47. The quantitative estimate of drug-likeness (QED) is 0.414. The molecule has 0 radical (unpaired) electrons. The fourth-order valence-corrected chi connectivity index (χ4v) is 3.69. The molecule has 1 fully saturated rings. The van der Waals surface area contributed by atoms with Gasteiger partial charge in [-0.25, -0.2) is 4.79 Å². The van der Waals surface area contributed by atoms with Crippen molar-refractivity contribution in [3.05, 3.63) is 34.9 Å². The van der Waals surface area contributed by atoms with Crippen LogP contribution in [0.3, 0.4) is 0 Å². The maximum Gasteiger partial charge on any atom is 0.364 e. The topological polar surface area (TPSA) is 77.4 Å². The van der Waals surface area contributed by atoms with Gasteiger partial charge in [-0.05, 0) is 74.6 Å². The monoisotopic (exact) mass is 389 g/mol. The van der Waals surface area contributed by atoms with Crippen molar-refractivity contribution in [1.82, 2.24) is 0 Å². The molecule has 1 N–H and O–H groups in total. The molecule has 154 valence electrons. The number of carboxylic acids is 1. The molecule has 1 aliphatic carbocycles. The average molecular weight is 389 g/mol. The van der Waals surface area contributed by atoms with Gasteiger partial charge in [-0.3, -0.25) is 0 Å². The number of rotatable bonds is 8. The molecule has 6 heteroatoms. The highest BCUT2D eigenvalue weighted by Gasteiger charge is 2.40. The van der Waals surface area contributed by atoms with E-state index in [0.717, 1.165) is 37.0 Å². The summed E-state index contributed by atoms with van der Waals surface area (Å²) in [6.07, 6.45) is 7.71. The summed E-state index contributed by atoms with van der Waals surface area (Å²) < 4.78 is 10.7. The van der Waals surface area contributed by atoms with Gasteiger partial charge in [-0.2, -0.15) is 0 Å². The Bertz CT molecular complexity index is 707. The second kappa shape index (κ2) is 9.52. The fourth-order valence-electron chi connectivity index (χ4n) is 3.69. The van der Waals surface area contributed by atoms with Crippen LogP contribution in [-0.2, 0) is 31.9 Å². The second-order valence-electron chi connectivity index (χ2n) is 7.94. The van der Waals surface area contributed by atoms with Crippen LogP contribution in [0.2, 0.25) is 0 Å². The van der Waals surface area contributed by atoms with E-state index in [0.29, 0.717) is 19.8 Å². The normalized spacial score (nSPS) is 25.2. The number of hydrogen-bond acceptors (Lipinski definition) is 5. The van der Waals surface area contributed by atoms with Gasteiger partial charge in [0, 0.05) is 12.8 Å². The number of aliphatic carboxylic acids is 1. The summed E-state index contributed by atoms with van der Waals surface area (Å²) in [5.41, 5.74) is 4.98. The van der Waals surface area contributed by atoms with E-state index < -0.39 is 11.8 Å². The number of aryl methyl sites for hydroxylation is 2. The molecule has 0 amide bonds. The first-order valence-electron chi connectivity index (χ1n) is 10.3. The van der Waals surface area contributed by atoms with E-state index in [1.807, 2.05) is 6.92 Å². The van der Waals surface area contributed by atoms with Crippen LogP contribution in [0.15, 0.2) is 23.4 Å². The highest BCUT2D eigenvalue weighted by molar-refractivity contribution is 5.98. The summed E-state index contributed by atoms with van der Waals surface area (Å²) in [4.78, 5) is 16.6. The minimum Gasteiger partial charge on any atom is -0.477 e. The highest BCUT2D eigenvalue weighted by atomic mass is 16.7. The van der Waals surface area contributed by atoms with Crippen molar-refractivity contribution in [3.8, 4) is 0 Å². The molecule has 0 aromatic heterocycles. The number of carboxylic acid groups (broad SMARTS) is 1. The van der Waals surface area contributed by atoms with Gasteiger partial charge < -0.3 is 19.4 Å². The molecule has 0 atom stereocenters. The van der Waals surface area contributed by atoms with Gasteiger partial charge in [0.2, 0.25) is 0 Å². The van der Waals surface area contributed by atoms with Crippen LogP contribution < -0.4 is 0 Å². The van der Waals surface area contributed by atoms with Gasteiger partial charge in [0.25, 0.3) is 5.79 Å². The number of oxime groups is 1. The Balaban J connectivity index is 1.34. The lowest BCUT2D eigenvalue weighted by molar-refractivity contribution is -0.271. The second-order valence-corrected chi connectivity index (χ2v) is 7.94. The molecule has 1 aromatic rings. The van der Waals surface area contributed by atoms with E-state index in [4.69, 9.17) is 19.4 Å². The minimum atomic E-state index is -1.50. The van der Waals surface area contributed by atoms with Crippen LogP contribution in [-0.4, -0.2) is 42.4 Å². The number of nitrogens with zero attached hydrogens (tertiary/aromatic N) is 1. The van der Waals surface area contributed by atoms with E-state index in [1.165, 1.54) is 37.3 Å². The fraction of sp³-hybridized carbons (Fsp3) is 0.636. The third-order valence-electron chi connectivity index (χ3n) is 5.64. The molecule has 0 bridgehead atoms. The number of hydrogen-bond donors (Lipinski definition) is 1. The lowest BCUT2D eigenvalue weighted by atomic mass is 9.90. The molecule has 2 aliphatic rings. The molecule has 3 rings (SSSR count). The molecule has 0 spiro atoms. The third kappa shape index (κ3) is 5.32. The first-order chi connectivity index (χ1) is 13.5. The first kappa shape index (κ1) is 20.8. The summed E-state index contributed by atoms with van der Waals surface area (Å²) in [7, 11) is 0. The molecule has 1 saturated heterocycles. The SMILES string of the molecule is C/C(=N/OCCCCC1COC(C)(C(=O)O)OC1)c1ccc2c(c1)CCCC2. The number of unbranched alkanes of at least 4 members (excludes halogenated alkanes) is 1. The van der Waals surface area contributed by atoms with Gasteiger partial charge in [0.1, 0.15) is 6.61 Å². The Morgan fingerprint density at radius 1 is 1.21 bits per heavy atom. The van der Waals surface area contributed by atoms with Gasteiger partial charge in [0.05, 0.1) is 18.9 Å². The standard InChI is InChI=1S/C22H31NO5/c1-16(19-11-10-18-8-3-4-9-20(18)13-19)23-28-12-6-5-7-17-14-26-22(2,21(24)25)27-15-17/h10-11,13,17H,3-9,12,14-15H2,1-2H3,(H,24,25)/b23-16-. The molecular weight excluding hydrogens is 358 g/mol. The van der Waals surface area contributed by atoms with E-state index in [1.54, 1.807) is 0 Å². The van der Waals surface area contributed by atoms with Crippen molar-refractivity contribution < 1.29 is 24.2 Å². The molecule has 1 heterocycles. The van der Waals surface area contributed by atoms with E-state index in [2.05, 4.69) is 23.4 Å². The van der Waals surface area contributed by atoms with Gasteiger partial charge in [-0.1, -0.05) is 17.3 Å². The zero-order valence-corrected chi connectivity index (χ0v) is 16.9. The largest absolute Gasteiger partial charge is 0.477 e. The smallest absolute Gasteiger partial charge is 0.364 e. The van der Waals surface area contributed by atoms with Crippen LogP contribution >= 0.6 is 0 Å². The summed E-state index contributed by atoms with van der Waals surface area (Å²) in [6.45, 7) is 4.84. The predicted molar refractivity (Wildman–Crippen MR) is 107 cm³/mol. The summed E-state index contributed by atoms with van der Waals surface area (Å²) >= 11 is 0. The van der Waals surface area contributed by atoms with Crippen molar-refractivity contribution in [2.45, 2.75) is 64.6 Å².